The van der Waals surface area contributed by atoms with E-state index >= 15 is 0 Å². The highest BCUT2D eigenvalue weighted by Gasteiger charge is 2.36. The van der Waals surface area contributed by atoms with E-state index in [1.165, 1.54) is 0 Å². The van der Waals surface area contributed by atoms with Crippen LogP contribution in [0.2, 0.25) is 5.02 Å². The first-order valence-electron chi connectivity index (χ1n) is 7.46. The number of amides is 1. The minimum absolute atomic E-state index is 0.0810. The third-order valence-electron chi connectivity index (χ3n) is 4.36. The number of nitrogens with one attached hydrogen (secondary N) is 1. The number of aryl methyl sites for hydroxylation is 1. The Morgan fingerprint density at radius 1 is 1.43 bits per heavy atom. The fourth-order valence-corrected chi connectivity index (χ4v) is 3.44. The molecule has 1 aromatic carbocycles. The summed E-state index contributed by atoms with van der Waals surface area (Å²) in [6, 6.07) is 6.16. The van der Waals surface area contributed by atoms with E-state index in [2.05, 4.69) is 17.1 Å². The van der Waals surface area contributed by atoms with Crippen LogP contribution in [0.25, 0.3) is 0 Å². The van der Waals surface area contributed by atoms with E-state index in [-0.39, 0.29) is 18.1 Å². The van der Waals surface area contributed by atoms with Gasteiger partial charge in [-0.2, -0.15) is 0 Å². The Labute approximate surface area is 130 Å². The van der Waals surface area contributed by atoms with Crippen LogP contribution in [0.3, 0.4) is 0 Å². The molecule has 21 heavy (non-hydrogen) atoms. The van der Waals surface area contributed by atoms with Crippen molar-refractivity contribution in [2.75, 3.05) is 19.7 Å². The van der Waals surface area contributed by atoms with Gasteiger partial charge in [-0.15, -0.1) is 0 Å². The van der Waals surface area contributed by atoms with Crippen molar-refractivity contribution >= 4 is 17.5 Å². The predicted octanol–water partition coefficient (Wildman–Crippen LogP) is 2.24. The van der Waals surface area contributed by atoms with Crippen LogP contribution in [0.1, 0.15) is 29.3 Å². The van der Waals surface area contributed by atoms with Crippen molar-refractivity contribution in [3.8, 4) is 0 Å². The molecule has 4 nitrogen and oxygen atoms in total. The Balaban J connectivity index is 1.65. The Morgan fingerprint density at radius 2 is 2.24 bits per heavy atom. The quantitative estimate of drug-likeness (QED) is 0.911. The van der Waals surface area contributed by atoms with E-state index < -0.39 is 0 Å². The number of hydrogen-bond donors (Lipinski definition) is 1. The Bertz CT molecular complexity index is 549. The second-order valence-corrected chi connectivity index (χ2v) is 6.47. The van der Waals surface area contributed by atoms with Crippen molar-refractivity contribution in [2.45, 2.75) is 38.5 Å². The molecular weight excluding hydrogens is 288 g/mol. The molecule has 0 saturated carbocycles. The fraction of sp³-hybridized carbons (Fsp3) is 0.562. The van der Waals surface area contributed by atoms with E-state index in [0.717, 1.165) is 31.7 Å². The number of fused-ring (bicyclic) bond motifs is 1. The number of nitrogens with zero attached hydrogens (tertiary/aromatic N) is 1. The molecule has 3 atom stereocenters. The first kappa shape index (κ1) is 14.8. The zero-order valence-corrected chi connectivity index (χ0v) is 13.2. The molecule has 0 aliphatic carbocycles. The predicted molar refractivity (Wildman–Crippen MR) is 82.8 cm³/mol. The molecule has 2 heterocycles. The monoisotopic (exact) mass is 308 g/mol. The van der Waals surface area contributed by atoms with Crippen molar-refractivity contribution in [2.24, 2.45) is 0 Å². The van der Waals surface area contributed by atoms with Gasteiger partial charge in [-0.05, 0) is 31.9 Å². The van der Waals surface area contributed by atoms with Gasteiger partial charge in [0.25, 0.3) is 5.91 Å². The number of rotatable bonds is 2. The fourth-order valence-electron chi connectivity index (χ4n) is 3.23. The Morgan fingerprint density at radius 3 is 3.05 bits per heavy atom. The summed E-state index contributed by atoms with van der Waals surface area (Å²) in [5.41, 5.74) is 1.49. The van der Waals surface area contributed by atoms with E-state index in [9.17, 15) is 4.79 Å². The van der Waals surface area contributed by atoms with Gasteiger partial charge in [0.05, 0.1) is 23.3 Å². The van der Waals surface area contributed by atoms with E-state index in [1.807, 2.05) is 19.1 Å². The van der Waals surface area contributed by atoms with E-state index in [4.69, 9.17) is 16.3 Å². The highest BCUT2D eigenvalue weighted by atomic mass is 35.5. The summed E-state index contributed by atoms with van der Waals surface area (Å²) in [5, 5.41) is 3.66. The van der Waals surface area contributed by atoms with Gasteiger partial charge in [0, 0.05) is 25.2 Å². The Hall–Kier alpha value is -1.10. The maximum Gasteiger partial charge on any atom is 0.253 e. The minimum Gasteiger partial charge on any atom is -0.376 e. The van der Waals surface area contributed by atoms with Crippen molar-refractivity contribution in [3.63, 3.8) is 0 Å². The van der Waals surface area contributed by atoms with Gasteiger partial charge in [0.1, 0.15) is 0 Å². The molecule has 2 saturated heterocycles. The van der Waals surface area contributed by atoms with Crippen LogP contribution >= 0.6 is 11.6 Å². The number of halogens is 1. The van der Waals surface area contributed by atoms with Gasteiger partial charge in [-0.25, -0.2) is 0 Å². The van der Waals surface area contributed by atoms with Gasteiger partial charge in [0.15, 0.2) is 0 Å². The molecule has 2 fully saturated rings. The summed E-state index contributed by atoms with van der Waals surface area (Å²) in [6.07, 6.45) is 1.23. The average molecular weight is 309 g/mol. The lowest BCUT2D eigenvalue weighted by Crippen LogP contribution is -2.45. The SMILES string of the molecule is Cc1cccc(C(=O)N[C@H]2C[C@H]3CO[C@@H](C)CN3C2)c1Cl. The third kappa shape index (κ3) is 3.07. The maximum atomic E-state index is 12.4. The van der Waals surface area contributed by atoms with Crippen molar-refractivity contribution in [1.29, 1.82) is 0 Å². The molecule has 0 bridgehead atoms. The maximum absolute atomic E-state index is 12.4. The lowest BCUT2D eigenvalue weighted by Gasteiger charge is -2.33. The molecule has 5 heteroatoms. The van der Waals surface area contributed by atoms with Gasteiger partial charge in [-0.3, -0.25) is 9.69 Å². The van der Waals surface area contributed by atoms with Crippen LogP contribution < -0.4 is 5.32 Å². The van der Waals surface area contributed by atoms with Crippen LogP contribution in [0, 0.1) is 6.92 Å². The first-order chi connectivity index (χ1) is 10.0. The largest absolute Gasteiger partial charge is 0.376 e. The summed E-state index contributed by atoms with van der Waals surface area (Å²) >= 11 is 6.22. The zero-order valence-electron chi connectivity index (χ0n) is 12.4. The van der Waals surface area contributed by atoms with Crippen molar-refractivity contribution in [3.05, 3.63) is 34.3 Å². The second kappa shape index (κ2) is 5.95. The lowest BCUT2D eigenvalue weighted by molar-refractivity contribution is -0.0390. The number of hydrogen-bond acceptors (Lipinski definition) is 3. The Kier molecular flexibility index (Phi) is 4.20. The number of morpholine rings is 1. The molecule has 1 N–H and O–H groups in total. The smallest absolute Gasteiger partial charge is 0.253 e. The first-order valence-corrected chi connectivity index (χ1v) is 7.84. The van der Waals surface area contributed by atoms with Gasteiger partial charge in [-0.1, -0.05) is 23.7 Å². The summed E-state index contributed by atoms with van der Waals surface area (Å²) < 4.78 is 5.69. The van der Waals surface area contributed by atoms with Crippen molar-refractivity contribution in [1.82, 2.24) is 10.2 Å². The van der Waals surface area contributed by atoms with Gasteiger partial charge in [0.2, 0.25) is 0 Å². The molecule has 0 aromatic heterocycles. The van der Waals surface area contributed by atoms with Crippen molar-refractivity contribution < 1.29 is 9.53 Å². The summed E-state index contributed by atoms with van der Waals surface area (Å²) in [5.74, 6) is -0.0810. The summed E-state index contributed by atoms with van der Waals surface area (Å²) in [4.78, 5) is 14.8. The summed E-state index contributed by atoms with van der Waals surface area (Å²) in [7, 11) is 0. The lowest BCUT2D eigenvalue weighted by atomic mass is 10.1. The average Bonchev–Trinajstić information content (AvgIpc) is 2.83. The van der Waals surface area contributed by atoms with Crippen LogP contribution in [0.4, 0.5) is 0 Å². The molecule has 0 spiro atoms. The van der Waals surface area contributed by atoms with Crippen LogP contribution in [-0.4, -0.2) is 48.7 Å². The molecule has 0 radical (unpaired) electrons. The number of carbonyl (C=O) groups excluding carboxylic acids is 1. The third-order valence-corrected chi connectivity index (χ3v) is 4.87. The number of carbonyl (C=O) groups is 1. The highest BCUT2D eigenvalue weighted by Crippen LogP contribution is 2.24. The van der Waals surface area contributed by atoms with E-state index in [0.29, 0.717) is 16.6 Å². The molecular formula is C16H21ClN2O2. The van der Waals surface area contributed by atoms with Gasteiger partial charge < -0.3 is 10.1 Å². The molecule has 114 valence electrons. The second-order valence-electron chi connectivity index (χ2n) is 6.09. The molecule has 2 aliphatic heterocycles. The topological polar surface area (TPSA) is 41.6 Å². The highest BCUT2D eigenvalue weighted by molar-refractivity contribution is 6.34. The normalized spacial score (nSPS) is 29.2. The minimum atomic E-state index is -0.0810. The number of ether oxygens (including phenoxy) is 1. The molecule has 3 rings (SSSR count). The van der Waals surface area contributed by atoms with Crippen LogP contribution in [0.5, 0.6) is 0 Å². The van der Waals surface area contributed by atoms with Crippen LogP contribution in [-0.2, 0) is 4.74 Å². The molecule has 1 aromatic rings. The molecule has 2 aliphatic rings. The van der Waals surface area contributed by atoms with E-state index in [1.54, 1.807) is 6.07 Å². The zero-order chi connectivity index (χ0) is 15.0. The summed E-state index contributed by atoms with van der Waals surface area (Å²) in [6.45, 7) is 6.61. The standard InChI is InChI=1S/C16H21ClN2O2/c1-10-4-3-5-14(15(10)17)16(20)18-12-6-13-9-21-11(2)7-19(13)8-12/h3-5,11-13H,6-9H2,1-2H3,(H,18,20)/t11-,12-,13-/m0/s1. The number of benzene rings is 1. The van der Waals surface area contributed by atoms with Gasteiger partial charge >= 0.3 is 0 Å². The molecule has 1 amide bonds. The van der Waals surface area contributed by atoms with Crippen LogP contribution in [0.15, 0.2) is 18.2 Å². The molecule has 0 unspecified atom stereocenters.